The fourth-order valence-corrected chi connectivity index (χ4v) is 3.94. The lowest BCUT2D eigenvalue weighted by Crippen LogP contribution is -2.49. The first-order valence-electron chi connectivity index (χ1n) is 7.65. The molecule has 0 bridgehead atoms. The molecule has 2 aromatic rings. The number of hydrogen-bond acceptors (Lipinski definition) is 4. The van der Waals surface area contributed by atoms with Crippen molar-refractivity contribution in [1.82, 2.24) is 19.4 Å². The summed E-state index contributed by atoms with van der Waals surface area (Å²) in [5.74, 6) is 1.18. The summed E-state index contributed by atoms with van der Waals surface area (Å²) < 4.78 is 2.04. The second kappa shape index (κ2) is 6.22. The number of thiophene rings is 1. The first-order valence-corrected chi connectivity index (χ1v) is 8.53. The minimum atomic E-state index is 0.155. The Bertz CT molecular complexity index is 663. The lowest BCUT2D eigenvalue weighted by Gasteiger charge is -2.39. The highest BCUT2D eigenvalue weighted by atomic mass is 32.1. The van der Waals surface area contributed by atoms with Gasteiger partial charge in [-0.1, -0.05) is 6.92 Å². The number of carbonyl (C=O) groups excluding carboxylic acids is 1. The fraction of sp³-hybridized carbons (Fsp3) is 0.500. The first-order chi connectivity index (χ1) is 10.6. The Morgan fingerprint density at radius 1 is 1.41 bits per heavy atom. The SMILES string of the molecule is CCc1ccsc1C(=O)N1CCN(C)[C@@H](c2nccn2C)C1. The van der Waals surface area contributed by atoms with Crippen LogP contribution in [0, 0.1) is 0 Å². The summed E-state index contributed by atoms with van der Waals surface area (Å²) in [4.78, 5) is 22.5. The first kappa shape index (κ1) is 15.2. The van der Waals surface area contributed by atoms with Crippen LogP contribution in [0.3, 0.4) is 0 Å². The van der Waals surface area contributed by atoms with Gasteiger partial charge in [0.15, 0.2) is 0 Å². The van der Waals surface area contributed by atoms with Gasteiger partial charge in [0.05, 0.1) is 10.9 Å². The average molecular weight is 318 g/mol. The van der Waals surface area contributed by atoms with E-state index in [2.05, 4.69) is 29.9 Å². The van der Waals surface area contributed by atoms with E-state index in [4.69, 9.17) is 0 Å². The van der Waals surface area contributed by atoms with E-state index >= 15 is 0 Å². The van der Waals surface area contributed by atoms with Crippen LogP contribution in [0.4, 0.5) is 0 Å². The molecule has 0 unspecified atom stereocenters. The molecule has 1 amide bonds. The smallest absolute Gasteiger partial charge is 0.264 e. The molecule has 0 N–H and O–H groups in total. The number of aromatic nitrogens is 2. The van der Waals surface area contributed by atoms with E-state index in [1.807, 2.05) is 34.3 Å². The molecule has 0 spiro atoms. The topological polar surface area (TPSA) is 41.4 Å². The van der Waals surface area contributed by atoms with Gasteiger partial charge < -0.3 is 9.47 Å². The number of likely N-dealkylation sites (N-methyl/N-ethyl adjacent to an activating group) is 1. The van der Waals surface area contributed by atoms with Crippen LogP contribution in [0.25, 0.3) is 0 Å². The van der Waals surface area contributed by atoms with Crippen molar-refractivity contribution < 1.29 is 4.79 Å². The van der Waals surface area contributed by atoms with Gasteiger partial charge in [-0.05, 0) is 30.5 Å². The van der Waals surface area contributed by atoms with Crippen LogP contribution in [0.15, 0.2) is 23.8 Å². The zero-order valence-electron chi connectivity index (χ0n) is 13.3. The van der Waals surface area contributed by atoms with Crippen molar-refractivity contribution in [3.63, 3.8) is 0 Å². The van der Waals surface area contributed by atoms with Crippen molar-refractivity contribution >= 4 is 17.2 Å². The highest BCUT2D eigenvalue weighted by Gasteiger charge is 2.31. The molecule has 3 heterocycles. The zero-order chi connectivity index (χ0) is 15.7. The molecule has 22 heavy (non-hydrogen) atoms. The molecule has 0 aromatic carbocycles. The largest absolute Gasteiger partial charge is 0.337 e. The number of amides is 1. The molecule has 0 saturated carbocycles. The number of hydrogen-bond donors (Lipinski definition) is 0. The van der Waals surface area contributed by atoms with Gasteiger partial charge in [0.2, 0.25) is 0 Å². The van der Waals surface area contributed by atoms with Crippen molar-refractivity contribution in [3.05, 3.63) is 40.1 Å². The van der Waals surface area contributed by atoms with Gasteiger partial charge in [-0.25, -0.2) is 4.98 Å². The quantitative estimate of drug-likeness (QED) is 0.871. The van der Waals surface area contributed by atoms with Gasteiger partial charge >= 0.3 is 0 Å². The Labute approximate surface area is 135 Å². The highest BCUT2D eigenvalue weighted by Crippen LogP contribution is 2.26. The summed E-state index contributed by atoms with van der Waals surface area (Å²) in [6, 6.07) is 2.22. The maximum absolute atomic E-state index is 12.8. The van der Waals surface area contributed by atoms with Crippen molar-refractivity contribution in [2.45, 2.75) is 19.4 Å². The normalized spacial score (nSPS) is 19.6. The third kappa shape index (κ3) is 2.68. The van der Waals surface area contributed by atoms with E-state index in [1.165, 1.54) is 0 Å². The molecular formula is C16H22N4OS. The number of imidazole rings is 1. The van der Waals surface area contributed by atoms with Crippen molar-refractivity contribution in [2.75, 3.05) is 26.7 Å². The van der Waals surface area contributed by atoms with Gasteiger partial charge in [0, 0.05) is 39.1 Å². The third-order valence-corrected chi connectivity index (χ3v) is 5.36. The second-order valence-electron chi connectivity index (χ2n) is 5.77. The third-order valence-electron chi connectivity index (χ3n) is 4.41. The van der Waals surface area contributed by atoms with E-state index in [-0.39, 0.29) is 11.9 Å². The lowest BCUT2D eigenvalue weighted by atomic mass is 10.1. The molecule has 6 heteroatoms. The van der Waals surface area contributed by atoms with Crippen LogP contribution in [0.5, 0.6) is 0 Å². The van der Waals surface area contributed by atoms with Crippen LogP contribution in [0.2, 0.25) is 0 Å². The predicted octanol–water partition coefficient (Wildman–Crippen LogP) is 2.17. The molecule has 1 fully saturated rings. The molecular weight excluding hydrogens is 296 g/mol. The van der Waals surface area contributed by atoms with Gasteiger partial charge in [-0.15, -0.1) is 11.3 Å². The van der Waals surface area contributed by atoms with Gasteiger partial charge in [0.1, 0.15) is 5.82 Å². The van der Waals surface area contributed by atoms with Crippen molar-refractivity contribution in [3.8, 4) is 0 Å². The maximum Gasteiger partial charge on any atom is 0.264 e. The highest BCUT2D eigenvalue weighted by molar-refractivity contribution is 7.12. The van der Waals surface area contributed by atoms with Gasteiger partial charge in [-0.3, -0.25) is 9.69 Å². The Morgan fingerprint density at radius 3 is 2.91 bits per heavy atom. The molecule has 1 aliphatic rings. The zero-order valence-corrected chi connectivity index (χ0v) is 14.1. The number of nitrogens with zero attached hydrogens (tertiary/aromatic N) is 4. The molecule has 1 aliphatic heterocycles. The van der Waals surface area contributed by atoms with Crippen molar-refractivity contribution in [2.24, 2.45) is 7.05 Å². The minimum absolute atomic E-state index is 0.155. The summed E-state index contributed by atoms with van der Waals surface area (Å²) in [5, 5.41) is 2.01. The van der Waals surface area contributed by atoms with Crippen LogP contribution < -0.4 is 0 Å². The summed E-state index contributed by atoms with van der Waals surface area (Å²) in [7, 11) is 4.11. The molecule has 5 nitrogen and oxygen atoms in total. The monoisotopic (exact) mass is 318 g/mol. The van der Waals surface area contributed by atoms with Crippen LogP contribution in [0.1, 0.15) is 34.0 Å². The fourth-order valence-electron chi connectivity index (χ4n) is 2.98. The maximum atomic E-state index is 12.8. The van der Waals surface area contributed by atoms with Crippen LogP contribution >= 0.6 is 11.3 Å². The Kier molecular flexibility index (Phi) is 4.31. The van der Waals surface area contributed by atoms with E-state index in [0.717, 1.165) is 35.8 Å². The lowest BCUT2D eigenvalue weighted by molar-refractivity contribution is 0.0532. The molecule has 0 radical (unpaired) electrons. The van der Waals surface area contributed by atoms with E-state index in [9.17, 15) is 4.79 Å². The van der Waals surface area contributed by atoms with Gasteiger partial charge in [-0.2, -0.15) is 0 Å². The molecule has 118 valence electrons. The number of piperazine rings is 1. The average Bonchev–Trinajstić information content (AvgIpc) is 3.15. The minimum Gasteiger partial charge on any atom is -0.337 e. The summed E-state index contributed by atoms with van der Waals surface area (Å²) in [6.07, 6.45) is 4.68. The number of aryl methyl sites for hydroxylation is 2. The van der Waals surface area contributed by atoms with E-state index in [0.29, 0.717) is 6.54 Å². The molecule has 1 atom stereocenters. The molecule has 2 aromatic heterocycles. The molecule has 3 rings (SSSR count). The Balaban J connectivity index is 1.81. The number of carbonyl (C=O) groups is 1. The Morgan fingerprint density at radius 2 is 2.23 bits per heavy atom. The van der Waals surface area contributed by atoms with E-state index < -0.39 is 0 Å². The summed E-state index contributed by atoms with van der Waals surface area (Å²) in [6.45, 7) is 4.44. The van der Waals surface area contributed by atoms with Gasteiger partial charge in [0.25, 0.3) is 5.91 Å². The molecule has 1 saturated heterocycles. The second-order valence-corrected chi connectivity index (χ2v) is 6.69. The molecule has 0 aliphatic carbocycles. The number of rotatable bonds is 3. The van der Waals surface area contributed by atoms with Crippen LogP contribution in [-0.4, -0.2) is 51.9 Å². The predicted molar refractivity (Wildman–Crippen MR) is 88.2 cm³/mol. The standard InChI is InChI=1S/C16H22N4OS/c1-4-12-5-10-22-14(12)16(21)20-9-8-18(2)13(11-20)15-17-6-7-19(15)3/h5-7,10,13H,4,8-9,11H2,1-3H3/t13-/m1/s1. The summed E-state index contributed by atoms with van der Waals surface area (Å²) >= 11 is 1.55. The van der Waals surface area contributed by atoms with Crippen LogP contribution in [-0.2, 0) is 13.5 Å². The van der Waals surface area contributed by atoms with Crippen molar-refractivity contribution in [1.29, 1.82) is 0 Å². The Hall–Kier alpha value is -1.66. The summed E-state index contributed by atoms with van der Waals surface area (Å²) in [5.41, 5.74) is 1.16. The van der Waals surface area contributed by atoms with E-state index in [1.54, 1.807) is 11.3 Å².